The molecule has 5 heterocycles. The van der Waals surface area contributed by atoms with Crippen LogP contribution in [0.5, 0.6) is 0 Å². The number of aromatic amines is 2. The van der Waals surface area contributed by atoms with E-state index in [0.717, 1.165) is 73.6 Å². The van der Waals surface area contributed by atoms with Crippen molar-refractivity contribution in [2.24, 2.45) is 0 Å². The highest BCUT2D eigenvalue weighted by Gasteiger charge is 2.17. The van der Waals surface area contributed by atoms with Crippen molar-refractivity contribution in [2.45, 2.75) is 26.2 Å². The number of halogens is 1. The number of hydrogen-bond acceptors (Lipinski definition) is 6. The van der Waals surface area contributed by atoms with Crippen LogP contribution in [0.2, 0.25) is 0 Å². The van der Waals surface area contributed by atoms with Crippen LogP contribution in [0.3, 0.4) is 0 Å². The Labute approximate surface area is 210 Å². The predicted molar refractivity (Wildman–Crippen MR) is 143 cm³/mol. The Morgan fingerprint density at radius 1 is 1.03 bits per heavy atom. The molecule has 36 heavy (non-hydrogen) atoms. The van der Waals surface area contributed by atoms with E-state index in [0.29, 0.717) is 11.5 Å². The summed E-state index contributed by atoms with van der Waals surface area (Å²) in [6.07, 6.45) is 8.96. The molecule has 5 aromatic heterocycles. The summed E-state index contributed by atoms with van der Waals surface area (Å²) < 4.78 is 13.7. The lowest BCUT2D eigenvalue weighted by Crippen LogP contribution is -2.01. The molecular weight excluding hydrogens is 473 g/mol. The fourth-order valence-electron chi connectivity index (χ4n) is 4.34. The van der Waals surface area contributed by atoms with Crippen LogP contribution in [-0.2, 0) is 0 Å². The van der Waals surface area contributed by atoms with Gasteiger partial charge in [0.15, 0.2) is 11.0 Å². The second-order valence-electron chi connectivity index (χ2n) is 8.67. The van der Waals surface area contributed by atoms with Crippen molar-refractivity contribution in [1.82, 2.24) is 30.1 Å². The Morgan fingerprint density at radius 2 is 1.97 bits per heavy atom. The number of aromatic nitrogens is 6. The molecule has 3 N–H and O–H groups in total. The van der Waals surface area contributed by atoms with E-state index in [1.54, 1.807) is 12.3 Å². The molecule has 0 radical (unpaired) electrons. The molecule has 6 aromatic rings. The standard InChI is InChI=1S/C27H24FN7S/c1-2-3-4-10-30-17-11-16(13-29-14-17)21-12-19-22(15-31-21)34-35-26(19)27-32-20-7-5-6-18(25(20)33-27)23-8-9-24(28)36-23/h5-9,11-15,30H,2-4,10H2,1H3,(H,32,33)(H,34,35). The highest BCUT2D eigenvalue weighted by atomic mass is 32.1. The van der Waals surface area contributed by atoms with Crippen LogP contribution in [0, 0.1) is 5.13 Å². The smallest absolute Gasteiger partial charge is 0.176 e. The highest BCUT2D eigenvalue weighted by Crippen LogP contribution is 2.35. The van der Waals surface area contributed by atoms with Gasteiger partial charge < -0.3 is 10.3 Å². The average Bonchev–Trinajstić information content (AvgIpc) is 3.64. The molecule has 9 heteroatoms. The summed E-state index contributed by atoms with van der Waals surface area (Å²) in [5.74, 6) is 0.641. The number of unbranched alkanes of at least 4 members (excludes halogenated alkanes) is 2. The van der Waals surface area contributed by atoms with Crippen molar-refractivity contribution >= 4 is 39.0 Å². The Kier molecular flexibility index (Phi) is 5.90. The van der Waals surface area contributed by atoms with Crippen LogP contribution in [0.1, 0.15) is 26.2 Å². The maximum absolute atomic E-state index is 13.7. The Morgan fingerprint density at radius 3 is 2.83 bits per heavy atom. The van der Waals surface area contributed by atoms with Gasteiger partial charge in [-0.1, -0.05) is 31.9 Å². The van der Waals surface area contributed by atoms with Gasteiger partial charge in [0.2, 0.25) is 0 Å². The van der Waals surface area contributed by atoms with Gasteiger partial charge in [0.05, 0.1) is 34.1 Å². The third-order valence-electron chi connectivity index (χ3n) is 6.17. The lowest BCUT2D eigenvalue weighted by atomic mass is 10.1. The van der Waals surface area contributed by atoms with E-state index < -0.39 is 0 Å². The van der Waals surface area contributed by atoms with Gasteiger partial charge in [-0.05, 0) is 36.8 Å². The molecule has 180 valence electrons. The number of rotatable bonds is 8. The number of para-hydroxylation sites is 1. The normalized spacial score (nSPS) is 11.5. The molecule has 0 saturated heterocycles. The van der Waals surface area contributed by atoms with Gasteiger partial charge in [-0.15, -0.1) is 11.3 Å². The number of hydrogen-bond donors (Lipinski definition) is 3. The van der Waals surface area contributed by atoms with Gasteiger partial charge >= 0.3 is 0 Å². The number of nitrogens with zero attached hydrogens (tertiary/aromatic N) is 4. The number of pyridine rings is 2. The first-order valence-corrected chi connectivity index (χ1v) is 12.8. The summed E-state index contributed by atoms with van der Waals surface area (Å²) in [6.45, 7) is 3.12. The van der Waals surface area contributed by atoms with Gasteiger partial charge in [0.25, 0.3) is 0 Å². The zero-order valence-corrected chi connectivity index (χ0v) is 20.5. The molecule has 0 atom stereocenters. The van der Waals surface area contributed by atoms with Crippen LogP contribution >= 0.6 is 11.3 Å². The molecule has 0 unspecified atom stereocenters. The monoisotopic (exact) mass is 497 g/mol. The fourth-order valence-corrected chi connectivity index (χ4v) is 5.10. The number of thiophene rings is 1. The lowest BCUT2D eigenvalue weighted by molar-refractivity contribution is 0.657. The summed E-state index contributed by atoms with van der Waals surface area (Å²) in [5, 5.41) is 11.7. The first-order chi connectivity index (χ1) is 17.7. The van der Waals surface area contributed by atoms with Crippen molar-refractivity contribution in [3.05, 3.63) is 66.2 Å². The number of nitrogens with one attached hydrogen (secondary N) is 3. The van der Waals surface area contributed by atoms with E-state index in [4.69, 9.17) is 4.98 Å². The maximum Gasteiger partial charge on any atom is 0.176 e. The van der Waals surface area contributed by atoms with E-state index in [-0.39, 0.29) is 5.13 Å². The number of fused-ring (bicyclic) bond motifs is 2. The molecule has 0 saturated carbocycles. The molecule has 0 aliphatic rings. The molecule has 6 rings (SSSR count). The molecule has 7 nitrogen and oxygen atoms in total. The number of H-pyrrole nitrogens is 2. The van der Waals surface area contributed by atoms with E-state index in [9.17, 15) is 4.39 Å². The van der Waals surface area contributed by atoms with E-state index in [2.05, 4.69) is 43.5 Å². The van der Waals surface area contributed by atoms with E-state index >= 15 is 0 Å². The lowest BCUT2D eigenvalue weighted by Gasteiger charge is -2.07. The zero-order chi connectivity index (χ0) is 24.5. The first kappa shape index (κ1) is 22.4. The minimum Gasteiger partial charge on any atom is -0.384 e. The van der Waals surface area contributed by atoms with Crippen molar-refractivity contribution in [3.8, 4) is 33.2 Å². The van der Waals surface area contributed by atoms with Crippen molar-refractivity contribution < 1.29 is 4.39 Å². The predicted octanol–water partition coefficient (Wildman–Crippen LogP) is 7.03. The average molecular weight is 498 g/mol. The Hall–Kier alpha value is -4.11. The van der Waals surface area contributed by atoms with Crippen LogP contribution in [0.25, 0.3) is 55.2 Å². The number of imidazole rings is 1. The topological polar surface area (TPSA) is 95.2 Å². The van der Waals surface area contributed by atoms with Gasteiger partial charge in [-0.2, -0.15) is 9.49 Å². The quantitative estimate of drug-likeness (QED) is 0.196. The molecule has 0 amide bonds. The Bertz CT molecular complexity index is 1670. The molecule has 0 fully saturated rings. The van der Waals surface area contributed by atoms with Crippen LogP contribution in [0.4, 0.5) is 10.1 Å². The molecule has 1 aromatic carbocycles. The van der Waals surface area contributed by atoms with Gasteiger partial charge in [-0.3, -0.25) is 15.1 Å². The van der Waals surface area contributed by atoms with E-state index in [1.165, 1.54) is 18.9 Å². The molecular formula is C27H24FN7S. The second kappa shape index (κ2) is 9.50. The van der Waals surface area contributed by atoms with Crippen LogP contribution in [-0.4, -0.2) is 36.7 Å². The minimum atomic E-state index is -0.217. The van der Waals surface area contributed by atoms with Gasteiger partial charge in [0, 0.05) is 40.3 Å². The highest BCUT2D eigenvalue weighted by molar-refractivity contribution is 7.14. The van der Waals surface area contributed by atoms with Crippen molar-refractivity contribution in [3.63, 3.8) is 0 Å². The second-order valence-corrected chi connectivity index (χ2v) is 9.71. The SMILES string of the molecule is CCCCCNc1cncc(-c2cc3c(-c4nc5c(-c6ccc(F)s6)cccc5[nH]4)n[nH]c3cn2)c1. The summed E-state index contributed by atoms with van der Waals surface area (Å²) in [6, 6.07) is 13.2. The van der Waals surface area contributed by atoms with Crippen molar-refractivity contribution in [2.75, 3.05) is 11.9 Å². The zero-order valence-electron chi connectivity index (χ0n) is 19.7. The number of benzene rings is 1. The first-order valence-electron chi connectivity index (χ1n) is 12.0. The van der Waals surface area contributed by atoms with Crippen LogP contribution in [0.15, 0.2) is 61.1 Å². The minimum absolute atomic E-state index is 0.217. The molecule has 0 aliphatic carbocycles. The summed E-state index contributed by atoms with van der Waals surface area (Å²) >= 11 is 1.11. The molecule has 0 spiro atoms. The largest absolute Gasteiger partial charge is 0.384 e. The Balaban J connectivity index is 1.36. The summed E-state index contributed by atoms with van der Waals surface area (Å²) in [7, 11) is 0. The van der Waals surface area contributed by atoms with Gasteiger partial charge in [0.1, 0.15) is 5.69 Å². The molecule has 0 aliphatic heterocycles. The van der Waals surface area contributed by atoms with Crippen LogP contribution < -0.4 is 5.32 Å². The van der Waals surface area contributed by atoms with Gasteiger partial charge in [-0.25, -0.2) is 4.98 Å². The number of anilines is 1. The summed E-state index contributed by atoms with van der Waals surface area (Å²) in [5.41, 5.74) is 6.77. The summed E-state index contributed by atoms with van der Waals surface area (Å²) in [4.78, 5) is 18.1. The van der Waals surface area contributed by atoms with Crippen molar-refractivity contribution in [1.29, 1.82) is 0 Å². The van der Waals surface area contributed by atoms with E-state index in [1.807, 2.05) is 36.7 Å². The fraction of sp³-hybridized carbons (Fsp3) is 0.185. The maximum atomic E-state index is 13.7. The molecule has 0 bridgehead atoms. The third-order valence-corrected chi connectivity index (χ3v) is 7.07. The third kappa shape index (κ3) is 4.22.